The van der Waals surface area contributed by atoms with Crippen LogP contribution in [0.4, 0.5) is 30.2 Å². The fourth-order valence-electron chi connectivity index (χ4n) is 3.74. The number of hydrogen-bond donors (Lipinski definition) is 0. The van der Waals surface area contributed by atoms with Crippen molar-refractivity contribution < 1.29 is 37.3 Å². The van der Waals surface area contributed by atoms with Crippen LogP contribution in [0, 0.1) is 20.2 Å². The van der Waals surface area contributed by atoms with Gasteiger partial charge < -0.3 is 9.64 Å². The minimum Gasteiger partial charge on any atom is -0.465 e. The van der Waals surface area contributed by atoms with Crippen molar-refractivity contribution in [2.45, 2.75) is 18.1 Å². The van der Waals surface area contributed by atoms with Gasteiger partial charge >= 0.3 is 12.1 Å². The predicted molar refractivity (Wildman–Crippen MR) is 132 cm³/mol. The lowest BCUT2D eigenvalue weighted by Gasteiger charge is -2.17. The van der Waals surface area contributed by atoms with E-state index in [0.717, 1.165) is 17.0 Å². The number of esters is 1. The van der Waals surface area contributed by atoms with Crippen molar-refractivity contribution in [3.05, 3.63) is 109 Å². The average molecular weight is 596 g/mol. The third-order valence-electron chi connectivity index (χ3n) is 5.46. The quantitative estimate of drug-likeness (QED) is 0.152. The van der Waals surface area contributed by atoms with Gasteiger partial charge in [-0.2, -0.15) is 13.2 Å². The highest BCUT2D eigenvalue weighted by Crippen LogP contribution is 2.36. The van der Waals surface area contributed by atoms with Gasteiger partial charge in [0.2, 0.25) is 0 Å². The fraction of sp³-hybridized carbons (Fsp3) is 0.167. The summed E-state index contributed by atoms with van der Waals surface area (Å²) in [5.41, 5.74) is -0.529. The molecule has 38 heavy (non-hydrogen) atoms. The van der Waals surface area contributed by atoms with Crippen molar-refractivity contribution in [2.24, 2.45) is 0 Å². The van der Waals surface area contributed by atoms with Crippen LogP contribution in [0.1, 0.15) is 37.4 Å². The molecular weight excluding hydrogens is 579 g/mol. The smallest absolute Gasteiger partial charge is 0.416 e. The molecule has 3 aromatic rings. The van der Waals surface area contributed by atoms with Crippen molar-refractivity contribution in [1.82, 2.24) is 0 Å². The van der Waals surface area contributed by atoms with Crippen LogP contribution < -0.4 is 4.90 Å². The Hall–Kier alpha value is -4.33. The van der Waals surface area contributed by atoms with E-state index in [9.17, 15) is 43.0 Å². The van der Waals surface area contributed by atoms with Crippen LogP contribution in [-0.4, -0.2) is 28.8 Å². The number of amides is 1. The number of fused-ring (bicyclic) bond motifs is 1. The minimum atomic E-state index is -4.53. The third kappa shape index (κ3) is 5.80. The summed E-state index contributed by atoms with van der Waals surface area (Å²) in [6.45, 7) is -0.00282. The minimum absolute atomic E-state index is 0.00174. The van der Waals surface area contributed by atoms with Gasteiger partial charge in [-0.05, 0) is 29.3 Å². The Bertz CT molecular complexity index is 1430. The van der Waals surface area contributed by atoms with Crippen molar-refractivity contribution in [1.29, 1.82) is 0 Å². The lowest BCUT2D eigenvalue weighted by atomic mass is 10.1. The summed E-state index contributed by atoms with van der Waals surface area (Å²) in [5, 5.41) is 22.1. The van der Waals surface area contributed by atoms with Crippen LogP contribution in [0.25, 0.3) is 0 Å². The van der Waals surface area contributed by atoms with Crippen LogP contribution in [0.5, 0.6) is 0 Å². The van der Waals surface area contributed by atoms with Gasteiger partial charge in [0.1, 0.15) is 11.1 Å². The molecule has 0 fully saturated rings. The molecule has 0 N–H and O–H groups in total. The van der Waals surface area contributed by atoms with Crippen molar-refractivity contribution >= 4 is 44.9 Å². The van der Waals surface area contributed by atoms with E-state index >= 15 is 0 Å². The van der Waals surface area contributed by atoms with E-state index in [2.05, 4.69) is 20.7 Å². The highest BCUT2D eigenvalue weighted by Gasteiger charge is 2.37. The van der Waals surface area contributed by atoms with Gasteiger partial charge in [-0.25, -0.2) is 4.79 Å². The van der Waals surface area contributed by atoms with E-state index in [1.54, 1.807) is 12.1 Å². The number of benzene rings is 3. The van der Waals surface area contributed by atoms with Crippen molar-refractivity contribution in [3.8, 4) is 0 Å². The average Bonchev–Trinajstić information content (AvgIpc) is 3.24. The number of nitro benzene ring substituents is 2. The predicted octanol–water partition coefficient (Wildman–Crippen LogP) is 6.05. The van der Waals surface area contributed by atoms with Crippen LogP contribution in [0.2, 0.25) is 0 Å². The van der Waals surface area contributed by atoms with E-state index in [1.165, 1.54) is 43.5 Å². The maximum atomic E-state index is 12.8. The van der Waals surface area contributed by atoms with Crippen LogP contribution >= 0.6 is 15.9 Å². The van der Waals surface area contributed by atoms with Crippen molar-refractivity contribution in [2.75, 3.05) is 12.0 Å². The first-order chi connectivity index (χ1) is 17.9. The number of nitrogens with zero attached hydrogens (tertiary/aromatic N) is 3. The summed E-state index contributed by atoms with van der Waals surface area (Å²) in [5.74, 6) is -1.37. The molecule has 0 bridgehead atoms. The van der Waals surface area contributed by atoms with Gasteiger partial charge in [0, 0.05) is 23.2 Å². The third-order valence-corrected chi connectivity index (χ3v) is 6.06. The molecule has 10 nitrogen and oxygen atoms in total. The molecular formula is C24H17BrF3N3O7. The second-order valence-electron chi connectivity index (χ2n) is 7.70. The molecule has 14 heteroatoms. The summed E-state index contributed by atoms with van der Waals surface area (Å²) in [6.07, 6.45) is -4.53. The normalized spacial score (nSPS) is 12.3. The first kappa shape index (κ1) is 28.2. The standard InChI is InChI=1S/C15H9F3N2O3.C9H8BrNO4/c16-15(17,18)10-4-2-5-11(7-10)19-8-9-3-1-6-12(20(22)23)13(9)14(19)21;1-15-9(12)8-6(5-10)3-2-4-7(8)11(13)14/h1-7H,8H2;2-4H,5H2,1H3. The molecule has 1 amide bonds. The lowest BCUT2D eigenvalue weighted by molar-refractivity contribution is -0.385. The zero-order chi connectivity index (χ0) is 28.2. The summed E-state index contributed by atoms with van der Waals surface area (Å²) < 4.78 is 42.9. The molecule has 0 saturated carbocycles. The molecule has 0 unspecified atom stereocenters. The number of ether oxygens (including phenoxy) is 1. The summed E-state index contributed by atoms with van der Waals surface area (Å²) in [4.78, 5) is 45.3. The molecule has 0 aromatic heterocycles. The Balaban J connectivity index is 0.000000232. The molecule has 4 rings (SSSR count). The number of anilines is 1. The van der Waals surface area contributed by atoms with Gasteiger partial charge in [-0.1, -0.05) is 46.3 Å². The molecule has 1 heterocycles. The highest BCUT2D eigenvalue weighted by molar-refractivity contribution is 9.08. The van der Waals surface area contributed by atoms with E-state index in [0.29, 0.717) is 16.5 Å². The number of carbonyl (C=O) groups is 2. The molecule has 0 saturated heterocycles. The summed E-state index contributed by atoms with van der Waals surface area (Å²) in [7, 11) is 1.19. The highest BCUT2D eigenvalue weighted by atomic mass is 79.9. The van der Waals surface area contributed by atoms with E-state index in [1.807, 2.05) is 0 Å². The second-order valence-corrected chi connectivity index (χ2v) is 8.26. The monoisotopic (exact) mass is 595 g/mol. The summed E-state index contributed by atoms with van der Waals surface area (Å²) in [6, 6.07) is 13.0. The Labute approximate surface area is 221 Å². The fourth-order valence-corrected chi connectivity index (χ4v) is 4.21. The molecule has 1 aliphatic rings. The Kier molecular flexibility index (Phi) is 8.46. The first-order valence-electron chi connectivity index (χ1n) is 10.6. The molecule has 3 aromatic carbocycles. The molecule has 0 radical (unpaired) electrons. The number of halogens is 4. The Morgan fingerprint density at radius 3 is 2.21 bits per heavy atom. The van der Waals surface area contributed by atoms with Gasteiger partial charge in [0.05, 0.1) is 29.1 Å². The number of nitro groups is 2. The van der Waals surface area contributed by atoms with Gasteiger partial charge in [0.25, 0.3) is 17.3 Å². The number of rotatable bonds is 5. The Morgan fingerprint density at radius 2 is 1.63 bits per heavy atom. The molecule has 0 spiro atoms. The van der Waals surface area contributed by atoms with Gasteiger partial charge in [-0.15, -0.1) is 0 Å². The zero-order valence-corrected chi connectivity index (χ0v) is 21.0. The lowest BCUT2D eigenvalue weighted by Crippen LogP contribution is -2.23. The maximum Gasteiger partial charge on any atom is 0.416 e. The first-order valence-corrected chi connectivity index (χ1v) is 11.7. The van der Waals surface area contributed by atoms with Crippen LogP contribution in [0.15, 0.2) is 60.7 Å². The molecule has 198 valence electrons. The Morgan fingerprint density at radius 1 is 1.03 bits per heavy atom. The van der Waals surface area contributed by atoms with E-state index in [-0.39, 0.29) is 34.7 Å². The SMILES string of the molecule is COC(=O)c1c(CBr)cccc1[N+](=O)[O-].O=C1c2c(cccc2[N+](=O)[O-])CN1c1cccc(C(F)(F)F)c1. The summed E-state index contributed by atoms with van der Waals surface area (Å²) >= 11 is 3.16. The van der Waals surface area contributed by atoms with Crippen LogP contribution in [0.3, 0.4) is 0 Å². The van der Waals surface area contributed by atoms with E-state index in [4.69, 9.17) is 0 Å². The van der Waals surface area contributed by atoms with Crippen LogP contribution in [-0.2, 0) is 22.8 Å². The molecule has 1 aliphatic heterocycles. The molecule has 0 aliphatic carbocycles. The topological polar surface area (TPSA) is 133 Å². The van der Waals surface area contributed by atoms with Gasteiger partial charge in [-0.3, -0.25) is 25.0 Å². The molecule has 0 atom stereocenters. The maximum absolute atomic E-state index is 12.8. The number of methoxy groups -OCH3 is 1. The zero-order valence-electron chi connectivity index (χ0n) is 19.4. The largest absolute Gasteiger partial charge is 0.465 e. The van der Waals surface area contributed by atoms with E-state index < -0.39 is 33.5 Å². The number of hydrogen-bond acceptors (Lipinski definition) is 7. The number of carbonyl (C=O) groups excluding carboxylic acids is 2. The van der Waals surface area contributed by atoms with Gasteiger partial charge in [0.15, 0.2) is 0 Å². The van der Waals surface area contributed by atoms with Crippen molar-refractivity contribution in [3.63, 3.8) is 0 Å². The number of alkyl halides is 4. The second kappa shape index (κ2) is 11.4.